The van der Waals surface area contributed by atoms with Crippen LogP contribution in [-0.4, -0.2) is 18.4 Å². The van der Waals surface area contributed by atoms with Gasteiger partial charge in [0.2, 0.25) is 0 Å². The van der Waals surface area contributed by atoms with Gasteiger partial charge in [0.15, 0.2) is 5.78 Å². The van der Waals surface area contributed by atoms with Gasteiger partial charge in [-0.1, -0.05) is 36.4 Å². The Balaban J connectivity index is 2.37. The van der Waals surface area contributed by atoms with E-state index in [1.807, 2.05) is 23.6 Å². The maximum absolute atomic E-state index is 12.4. The number of thiophene rings is 1. The number of carbonyl (C=O) groups excluding carboxylic acids is 2. The summed E-state index contributed by atoms with van der Waals surface area (Å²) >= 11 is 1.46. The summed E-state index contributed by atoms with van der Waals surface area (Å²) < 4.78 is 4.97. The summed E-state index contributed by atoms with van der Waals surface area (Å²) in [4.78, 5) is 25.2. The molecule has 0 spiro atoms. The van der Waals surface area contributed by atoms with E-state index in [0.717, 1.165) is 4.88 Å². The molecular formula is C16H14O3S. The monoisotopic (exact) mass is 286 g/mol. The second kappa shape index (κ2) is 6.82. The van der Waals surface area contributed by atoms with Gasteiger partial charge in [-0.3, -0.25) is 4.79 Å². The molecule has 2 rings (SSSR count). The van der Waals surface area contributed by atoms with Gasteiger partial charge in [-0.2, -0.15) is 0 Å². The van der Waals surface area contributed by atoms with Gasteiger partial charge >= 0.3 is 5.97 Å². The van der Waals surface area contributed by atoms with Crippen LogP contribution in [0.2, 0.25) is 0 Å². The van der Waals surface area contributed by atoms with Crippen LogP contribution in [0.5, 0.6) is 0 Å². The zero-order valence-electron chi connectivity index (χ0n) is 11.0. The van der Waals surface area contributed by atoms with Crippen LogP contribution in [0.15, 0.2) is 53.4 Å². The third kappa shape index (κ3) is 3.42. The van der Waals surface area contributed by atoms with E-state index in [1.165, 1.54) is 11.3 Å². The Morgan fingerprint density at radius 1 is 1.15 bits per heavy atom. The highest BCUT2D eigenvalue weighted by atomic mass is 32.1. The third-order valence-electron chi connectivity index (χ3n) is 2.61. The molecule has 1 aromatic heterocycles. The molecule has 1 aromatic carbocycles. The molecule has 0 unspecified atom stereocenters. The fourth-order valence-electron chi connectivity index (χ4n) is 1.69. The molecule has 4 heteroatoms. The molecule has 0 N–H and O–H groups in total. The van der Waals surface area contributed by atoms with E-state index < -0.39 is 5.97 Å². The first kappa shape index (κ1) is 14.2. The van der Waals surface area contributed by atoms with Crippen molar-refractivity contribution in [3.05, 3.63) is 63.9 Å². The van der Waals surface area contributed by atoms with Gasteiger partial charge in [0, 0.05) is 10.4 Å². The topological polar surface area (TPSA) is 43.4 Å². The number of carbonyl (C=O) groups is 2. The lowest BCUT2D eigenvalue weighted by atomic mass is 10.0. The molecule has 2 aromatic rings. The fraction of sp³-hybridized carbons (Fsp3) is 0.125. The Kier molecular flexibility index (Phi) is 4.85. The molecular weight excluding hydrogens is 272 g/mol. The molecule has 0 aliphatic heterocycles. The summed E-state index contributed by atoms with van der Waals surface area (Å²) in [7, 11) is 0. The van der Waals surface area contributed by atoms with Crippen molar-refractivity contribution >= 4 is 29.2 Å². The predicted octanol–water partition coefficient (Wildman–Crippen LogP) is 3.58. The molecule has 0 amide bonds. The average Bonchev–Trinajstić information content (AvgIpc) is 2.98. The normalized spacial score (nSPS) is 11.2. The first-order chi connectivity index (χ1) is 9.72. The van der Waals surface area contributed by atoms with Crippen molar-refractivity contribution in [2.24, 2.45) is 0 Å². The Morgan fingerprint density at radius 3 is 2.50 bits per heavy atom. The van der Waals surface area contributed by atoms with Gasteiger partial charge in [-0.25, -0.2) is 4.79 Å². The Morgan fingerprint density at radius 2 is 1.90 bits per heavy atom. The van der Waals surface area contributed by atoms with Gasteiger partial charge in [0.25, 0.3) is 0 Å². The molecule has 0 radical (unpaired) electrons. The third-order valence-corrected chi connectivity index (χ3v) is 3.43. The molecule has 0 fully saturated rings. The quantitative estimate of drug-likeness (QED) is 0.277. The van der Waals surface area contributed by atoms with Crippen molar-refractivity contribution in [1.82, 2.24) is 0 Å². The van der Waals surface area contributed by atoms with E-state index in [9.17, 15) is 9.59 Å². The summed E-state index contributed by atoms with van der Waals surface area (Å²) in [6.07, 6.45) is 1.58. The van der Waals surface area contributed by atoms with Crippen LogP contribution in [0.25, 0.3) is 6.08 Å². The summed E-state index contributed by atoms with van der Waals surface area (Å²) in [5, 5.41) is 1.89. The number of rotatable bonds is 5. The Bertz CT molecular complexity index is 612. The van der Waals surface area contributed by atoms with Crippen LogP contribution < -0.4 is 0 Å². The highest BCUT2D eigenvalue weighted by Crippen LogP contribution is 2.17. The van der Waals surface area contributed by atoms with Crippen molar-refractivity contribution in [3.8, 4) is 0 Å². The first-order valence-corrected chi connectivity index (χ1v) is 7.12. The van der Waals surface area contributed by atoms with Crippen molar-refractivity contribution in [2.45, 2.75) is 6.92 Å². The molecule has 20 heavy (non-hydrogen) atoms. The van der Waals surface area contributed by atoms with Crippen molar-refractivity contribution in [1.29, 1.82) is 0 Å². The largest absolute Gasteiger partial charge is 0.462 e. The molecule has 0 saturated carbocycles. The maximum atomic E-state index is 12.4. The number of hydrogen-bond acceptors (Lipinski definition) is 4. The van der Waals surface area contributed by atoms with Crippen molar-refractivity contribution < 1.29 is 14.3 Å². The minimum absolute atomic E-state index is 0.0560. The van der Waals surface area contributed by atoms with Crippen LogP contribution in [0.4, 0.5) is 0 Å². The smallest absolute Gasteiger partial charge is 0.342 e. The number of hydrogen-bond donors (Lipinski definition) is 0. The molecule has 0 aliphatic carbocycles. The van der Waals surface area contributed by atoms with Gasteiger partial charge in [0.05, 0.1) is 6.61 Å². The van der Waals surface area contributed by atoms with Crippen LogP contribution in [0.3, 0.4) is 0 Å². The maximum Gasteiger partial charge on any atom is 0.342 e. The van der Waals surface area contributed by atoms with Crippen LogP contribution >= 0.6 is 11.3 Å². The van der Waals surface area contributed by atoms with Gasteiger partial charge in [0.1, 0.15) is 5.57 Å². The van der Waals surface area contributed by atoms with Crippen LogP contribution in [0, 0.1) is 0 Å². The predicted molar refractivity (Wildman–Crippen MR) is 79.7 cm³/mol. The van der Waals surface area contributed by atoms with E-state index in [-0.39, 0.29) is 18.0 Å². The minimum Gasteiger partial charge on any atom is -0.462 e. The minimum atomic E-state index is -0.588. The van der Waals surface area contributed by atoms with E-state index >= 15 is 0 Å². The summed E-state index contributed by atoms with van der Waals surface area (Å²) in [5.74, 6) is -0.910. The Hall–Kier alpha value is -2.20. The summed E-state index contributed by atoms with van der Waals surface area (Å²) in [6.45, 7) is 1.95. The van der Waals surface area contributed by atoms with Crippen molar-refractivity contribution in [3.63, 3.8) is 0 Å². The lowest BCUT2D eigenvalue weighted by Gasteiger charge is -2.06. The SMILES string of the molecule is CCOC(=O)/C(=C\c1cccs1)C(=O)c1ccccc1. The van der Waals surface area contributed by atoms with Gasteiger partial charge in [-0.05, 0) is 24.4 Å². The van der Waals surface area contributed by atoms with Gasteiger partial charge < -0.3 is 4.74 Å². The zero-order valence-corrected chi connectivity index (χ0v) is 11.9. The number of ether oxygens (including phenoxy) is 1. The van der Waals surface area contributed by atoms with E-state index in [2.05, 4.69) is 0 Å². The van der Waals surface area contributed by atoms with E-state index in [1.54, 1.807) is 37.3 Å². The zero-order chi connectivity index (χ0) is 14.4. The molecule has 0 atom stereocenters. The Labute approximate surface area is 121 Å². The molecule has 3 nitrogen and oxygen atoms in total. The number of esters is 1. The lowest BCUT2D eigenvalue weighted by Crippen LogP contribution is -2.16. The standard InChI is InChI=1S/C16H14O3S/c1-2-19-16(18)14(11-13-9-6-10-20-13)15(17)12-7-4-3-5-8-12/h3-11H,2H2,1H3/b14-11-. The molecule has 1 heterocycles. The second-order valence-electron chi connectivity index (χ2n) is 3.99. The lowest BCUT2D eigenvalue weighted by molar-refractivity contribution is -0.137. The number of ketones is 1. The van der Waals surface area contributed by atoms with E-state index in [4.69, 9.17) is 4.74 Å². The molecule has 0 aliphatic rings. The van der Waals surface area contributed by atoms with Crippen LogP contribution in [0.1, 0.15) is 22.2 Å². The fourth-order valence-corrected chi connectivity index (χ4v) is 2.34. The number of Topliss-reactive ketones (excluding diaryl/α,β-unsaturated/α-hetero) is 1. The van der Waals surface area contributed by atoms with Crippen molar-refractivity contribution in [2.75, 3.05) is 6.61 Å². The molecule has 0 bridgehead atoms. The second-order valence-corrected chi connectivity index (χ2v) is 4.97. The summed E-state index contributed by atoms with van der Waals surface area (Å²) in [6, 6.07) is 12.4. The number of benzene rings is 1. The first-order valence-electron chi connectivity index (χ1n) is 6.24. The summed E-state index contributed by atoms with van der Waals surface area (Å²) in [5.41, 5.74) is 0.531. The molecule has 0 saturated heterocycles. The van der Waals surface area contributed by atoms with Crippen LogP contribution in [-0.2, 0) is 9.53 Å². The van der Waals surface area contributed by atoms with E-state index in [0.29, 0.717) is 5.56 Å². The highest BCUT2D eigenvalue weighted by Gasteiger charge is 2.21. The average molecular weight is 286 g/mol. The highest BCUT2D eigenvalue weighted by molar-refractivity contribution is 7.10. The van der Waals surface area contributed by atoms with Gasteiger partial charge in [-0.15, -0.1) is 11.3 Å². The molecule has 102 valence electrons.